The minimum Gasteiger partial charge on any atom is -0.339 e. The molecule has 25 heavy (non-hydrogen) atoms. The summed E-state index contributed by atoms with van der Waals surface area (Å²) in [5.74, 6) is 1.15. The van der Waals surface area contributed by atoms with Crippen molar-refractivity contribution in [1.29, 1.82) is 0 Å². The molecule has 0 bridgehead atoms. The van der Waals surface area contributed by atoms with Crippen LogP contribution in [0.4, 0.5) is 5.69 Å². The van der Waals surface area contributed by atoms with Crippen molar-refractivity contribution in [2.75, 3.05) is 11.4 Å². The standard InChI is InChI=1S/C18H22N4O2.ClH/c1-2-12-4-6-14(7-5-12)22-11-13(10-15(22)23)16-20-17(21-24-16)18(19)8-3-9-18;/h4-7,13H,2-3,8-11,19H2,1H3;1H. The number of aromatic nitrogens is 2. The van der Waals surface area contributed by atoms with Gasteiger partial charge in [-0.1, -0.05) is 24.2 Å². The van der Waals surface area contributed by atoms with Gasteiger partial charge < -0.3 is 15.2 Å². The van der Waals surface area contributed by atoms with Gasteiger partial charge in [-0.05, 0) is 43.4 Å². The maximum Gasteiger partial charge on any atom is 0.232 e. The molecule has 0 spiro atoms. The fourth-order valence-corrected chi connectivity index (χ4v) is 3.42. The molecular weight excluding hydrogens is 340 g/mol. The second kappa shape index (κ2) is 6.77. The first-order valence-corrected chi connectivity index (χ1v) is 8.61. The monoisotopic (exact) mass is 362 g/mol. The quantitative estimate of drug-likeness (QED) is 0.903. The number of nitrogens with two attached hydrogens (primary N) is 1. The molecule has 1 saturated heterocycles. The predicted octanol–water partition coefficient (Wildman–Crippen LogP) is 2.91. The normalized spacial score (nSPS) is 21.8. The maximum atomic E-state index is 12.4. The lowest BCUT2D eigenvalue weighted by Gasteiger charge is -2.34. The zero-order valence-corrected chi connectivity index (χ0v) is 15.1. The van der Waals surface area contributed by atoms with Crippen LogP contribution >= 0.6 is 12.4 Å². The molecular formula is C18H23ClN4O2. The molecule has 1 saturated carbocycles. The lowest BCUT2D eigenvalue weighted by atomic mass is 9.77. The molecule has 1 aromatic heterocycles. The van der Waals surface area contributed by atoms with Crippen molar-refractivity contribution in [3.8, 4) is 0 Å². The Kier molecular flexibility index (Phi) is 4.84. The highest BCUT2D eigenvalue weighted by Gasteiger charge is 2.41. The molecule has 2 heterocycles. The third-order valence-corrected chi connectivity index (χ3v) is 5.26. The average Bonchev–Trinajstić information content (AvgIpc) is 3.20. The van der Waals surface area contributed by atoms with E-state index in [-0.39, 0.29) is 24.2 Å². The SMILES string of the molecule is CCc1ccc(N2CC(c3nc(C4(N)CCC4)no3)CC2=O)cc1.Cl. The zero-order chi connectivity index (χ0) is 16.7. The van der Waals surface area contributed by atoms with Crippen molar-refractivity contribution >= 4 is 24.0 Å². The lowest BCUT2D eigenvalue weighted by Crippen LogP contribution is -2.44. The number of carbonyl (C=O) groups is 1. The Hall–Kier alpha value is -1.92. The van der Waals surface area contributed by atoms with E-state index in [1.54, 1.807) is 4.90 Å². The summed E-state index contributed by atoms with van der Waals surface area (Å²) in [7, 11) is 0. The molecule has 4 rings (SSSR count). The molecule has 2 fully saturated rings. The van der Waals surface area contributed by atoms with Crippen molar-refractivity contribution < 1.29 is 9.32 Å². The number of rotatable bonds is 4. The van der Waals surface area contributed by atoms with E-state index in [2.05, 4.69) is 29.2 Å². The van der Waals surface area contributed by atoms with Crippen LogP contribution in [0.5, 0.6) is 0 Å². The minimum atomic E-state index is -0.431. The van der Waals surface area contributed by atoms with Crippen molar-refractivity contribution in [2.24, 2.45) is 5.73 Å². The minimum absolute atomic E-state index is 0. The molecule has 1 unspecified atom stereocenters. The summed E-state index contributed by atoms with van der Waals surface area (Å²) in [6, 6.07) is 8.13. The van der Waals surface area contributed by atoms with E-state index < -0.39 is 5.54 Å². The summed E-state index contributed by atoms with van der Waals surface area (Å²) in [4.78, 5) is 18.7. The third kappa shape index (κ3) is 3.16. The van der Waals surface area contributed by atoms with Gasteiger partial charge in [0.25, 0.3) is 0 Å². The summed E-state index contributed by atoms with van der Waals surface area (Å²) in [5.41, 5.74) is 8.00. The Morgan fingerprint density at radius 1 is 1.32 bits per heavy atom. The molecule has 6 nitrogen and oxygen atoms in total. The molecule has 2 N–H and O–H groups in total. The first kappa shape index (κ1) is 17.9. The molecule has 7 heteroatoms. The van der Waals surface area contributed by atoms with Crippen LogP contribution in [0.15, 0.2) is 28.8 Å². The number of aryl methyl sites for hydroxylation is 1. The van der Waals surface area contributed by atoms with Gasteiger partial charge in [-0.3, -0.25) is 4.79 Å². The van der Waals surface area contributed by atoms with Crippen molar-refractivity contribution in [3.63, 3.8) is 0 Å². The van der Waals surface area contributed by atoms with Gasteiger partial charge in [0.1, 0.15) is 0 Å². The second-order valence-electron chi connectivity index (χ2n) is 6.89. The summed E-state index contributed by atoms with van der Waals surface area (Å²) >= 11 is 0. The summed E-state index contributed by atoms with van der Waals surface area (Å²) in [5, 5.41) is 4.06. The highest BCUT2D eigenvalue weighted by molar-refractivity contribution is 5.96. The van der Waals surface area contributed by atoms with Crippen LogP contribution in [-0.4, -0.2) is 22.6 Å². The number of hydrogen-bond donors (Lipinski definition) is 1. The number of hydrogen-bond acceptors (Lipinski definition) is 5. The number of amides is 1. The molecule has 0 radical (unpaired) electrons. The Morgan fingerprint density at radius 3 is 2.64 bits per heavy atom. The Labute approximate surface area is 153 Å². The highest BCUT2D eigenvalue weighted by atomic mass is 35.5. The predicted molar refractivity (Wildman–Crippen MR) is 96.8 cm³/mol. The van der Waals surface area contributed by atoms with E-state index in [1.807, 2.05) is 12.1 Å². The zero-order valence-electron chi connectivity index (χ0n) is 14.3. The van der Waals surface area contributed by atoms with Gasteiger partial charge in [0, 0.05) is 18.7 Å². The molecule has 1 aliphatic heterocycles. The number of carbonyl (C=O) groups excluding carboxylic acids is 1. The van der Waals surface area contributed by atoms with Crippen LogP contribution in [0.1, 0.15) is 55.8 Å². The first-order valence-electron chi connectivity index (χ1n) is 8.61. The van der Waals surface area contributed by atoms with Crippen LogP contribution < -0.4 is 10.6 Å². The van der Waals surface area contributed by atoms with Crippen molar-refractivity contribution in [1.82, 2.24) is 10.1 Å². The van der Waals surface area contributed by atoms with Crippen LogP contribution in [0.3, 0.4) is 0 Å². The second-order valence-corrected chi connectivity index (χ2v) is 6.89. The smallest absolute Gasteiger partial charge is 0.232 e. The largest absolute Gasteiger partial charge is 0.339 e. The molecule has 1 atom stereocenters. The molecule has 1 aliphatic carbocycles. The third-order valence-electron chi connectivity index (χ3n) is 5.26. The average molecular weight is 363 g/mol. The summed E-state index contributed by atoms with van der Waals surface area (Å²) in [6.45, 7) is 2.69. The summed E-state index contributed by atoms with van der Waals surface area (Å²) in [6.07, 6.45) is 4.28. The van der Waals surface area contributed by atoms with E-state index in [4.69, 9.17) is 10.3 Å². The van der Waals surface area contributed by atoms with Gasteiger partial charge in [0.15, 0.2) is 5.82 Å². The van der Waals surface area contributed by atoms with Gasteiger partial charge >= 0.3 is 0 Å². The van der Waals surface area contributed by atoms with Gasteiger partial charge in [0.05, 0.1) is 11.5 Å². The van der Waals surface area contributed by atoms with E-state index in [0.717, 1.165) is 31.4 Å². The van der Waals surface area contributed by atoms with Gasteiger partial charge in [-0.15, -0.1) is 12.4 Å². The summed E-state index contributed by atoms with van der Waals surface area (Å²) < 4.78 is 5.42. The fraction of sp³-hybridized carbons (Fsp3) is 0.500. The van der Waals surface area contributed by atoms with Crippen LogP contribution in [0.2, 0.25) is 0 Å². The first-order chi connectivity index (χ1) is 11.6. The van der Waals surface area contributed by atoms with Crippen LogP contribution in [0, 0.1) is 0 Å². The molecule has 1 aromatic carbocycles. The number of nitrogens with zero attached hydrogens (tertiary/aromatic N) is 3. The Morgan fingerprint density at radius 2 is 2.04 bits per heavy atom. The molecule has 134 valence electrons. The maximum absolute atomic E-state index is 12.4. The number of halogens is 1. The van der Waals surface area contributed by atoms with Gasteiger partial charge in [0.2, 0.25) is 11.8 Å². The molecule has 1 amide bonds. The van der Waals surface area contributed by atoms with Crippen LogP contribution in [0.25, 0.3) is 0 Å². The van der Waals surface area contributed by atoms with Gasteiger partial charge in [-0.2, -0.15) is 4.98 Å². The van der Waals surface area contributed by atoms with Crippen LogP contribution in [-0.2, 0) is 16.8 Å². The highest BCUT2D eigenvalue weighted by Crippen LogP contribution is 2.38. The lowest BCUT2D eigenvalue weighted by molar-refractivity contribution is -0.117. The Bertz CT molecular complexity index is 755. The van der Waals surface area contributed by atoms with Gasteiger partial charge in [-0.25, -0.2) is 0 Å². The number of anilines is 1. The van der Waals surface area contributed by atoms with E-state index in [9.17, 15) is 4.79 Å². The van der Waals surface area contributed by atoms with E-state index >= 15 is 0 Å². The van der Waals surface area contributed by atoms with Crippen molar-refractivity contribution in [2.45, 2.75) is 50.5 Å². The van der Waals surface area contributed by atoms with Crippen molar-refractivity contribution in [3.05, 3.63) is 41.5 Å². The number of benzene rings is 1. The molecule has 2 aromatic rings. The fourth-order valence-electron chi connectivity index (χ4n) is 3.42. The Balaban J connectivity index is 0.00000182. The topological polar surface area (TPSA) is 85.2 Å². The molecule has 2 aliphatic rings. The van der Waals surface area contributed by atoms with E-state index in [1.165, 1.54) is 5.56 Å². The van der Waals surface area contributed by atoms with E-state index in [0.29, 0.717) is 24.7 Å².